The van der Waals surface area contributed by atoms with Gasteiger partial charge in [0.2, 0.25) is 5.82 Å². The molecule has 16 nitrogen and oxygen atoms in total. The average molecular weight is 1170 g/mol. The fraction of sp³-hybridized carbons (Fsp3) is 0.333. The molecule has 0 atom stereocenters. The van der Waals surface area contributed by atoms with Gasteiger partial charge in [-0.25, -0.2) is 19.6 Å². The Morgan fingerprint density at radius 1 is 0.547 bits per heavy atom. The molecule has 0 aliphatic carbocycles. The smallest absolute Gasteiger partial charge is 0.416 e. The zero-order chi connectivity index (χ0) is 54.9. The molecule has 75 heavy (non-hydrogen) atoms. The van der Waals surface area contributed by atoms with Crippen LogP contribution in [0.1, 0.15) is 33.4 Å². The van der Waals surface area contributed by atoms with Gasteiger partial charge in [0.25, 0.3) is 5.88 Å². The molecule has 0 radical (unpaired) electrons. The number of nitrogens with zero attached hydrogens (tertiary/aromatic N) is 10. The van der Waals surface area contributed by atoms with Crippen molar-refractivity contribution in [2.45, 2.75) is 37.9 Å². The summed E-state index contributed by atoms with van der Waals surface area (Å²) < 4.78 is 178. The van der Waals surface area contributed by atoms with Crippen LogP contribution >= 0.6 is 58.3 Å². The molecule has 3 N–H and O–H groups in total. The van der Waals surface area contributed by atoms with E-state index in [1.54, 1.807) is 35.4 Å². The Morgan fingerprint density at radius 3 is 1.31 bits per heavy atom. The van der Waals surface area contributed by atoms with E-state index in [1.165, 1.54) is 16.0 Å². The van der Waals surface area contributed by atoms with Crippen LogP contribution in [0.4, 0.5) is 85.3 Å². The topological polar surface area (TPSA) is 178 Å². The summed E-state index contributed by atoms with van der Waals surface area (Å²) in [7, 11) is 0. The highest BCUT2D eigenvalue weighted by atomic mass is 35.5. The molecule has 4 aromatic heterocycles. The second kappa shape index (κ2) is 24.6. The van der Waals surface area contributed by atoms with Crippen molar-refractivity contribution in [1.82, 2.24) is 37.3 Å². The second-order valence-corrected chi connectivity index (χ2v) is 17.8. The van der Waals surface area contributed by atoms with Crippen molar-refractivity contribution < 1.29 is 72.1 Å². The van der Waals surface area contributed by atoms with Gasteiger partial charge in [0, 0.05) is 76.1 Å². The Kier molecular flexibility index (Phi) is 19.1. The first kappa shape index (κ1) is 58.1. The third kappa shape index (κ3) is 16.6. The van der Waals surface area contributed by atoms with Crippen LogP contribution in [0, 0.1) is 0 Å². The summed E-state index contributed by atoms with van der Waals surface area (Å²) >= 11 is 19.1. The van der Waals surface area contributed by atoms with E-state index < -0.39 is 70.4 Å². The van der Waals surface area contributed by atoms with Gasteiger partial charge in [-0.2, -0.15) is 65.8 Å². The van der Waals surface area contributed by atoms with Gasteiger partial charge in [-0.05, 0) is 71.8 Å². The van der Waals surface area contributed by atoms with E-state index in [2.05, 4.69) is 38.1 Å². The third-order valence-corrected chi connectivity index (χ3v) is 12.2. The lowest BCUT2D eigenvalue weighted by molar-refractivity contribution is -0.144. The Balaban J connectivity index is 0.000000213. The molecule has 404 valence electrons. The first-order valence-electron chi connectivity index (χ1n) is 21.1. The summed E-state index contributed by atoms with van der Waals surface area (Å²) in [5.41, 5.74) is -5.67. The van der Waals surface area contributed by atoms with Gasteiger partial charge in [-0.3, -0.25) is 0 Å². The first-order chi connectivity index (χ1) is 35.2. The lowest BCUT2D eigenvalue weighted by Crippen LogP contribution is -2.50. The lowest BCUT2D eigenvalue weighted by Gasteiger charge is -2.34. The van der Waals surface area contributed by atoms with Gasteiger partial charge in [-0.1, -0.05) is 34.8 Å². The van der Waals surface area contributed by atoms with E-state index in [0.29, 0.717) is 59.3 Å². The molecule has 4 amide bonds. The number of aliphatic hydroxyl groups is 1. The number of halogens is 15. The van der Waals surface area contributed by atoms with Crippen LogP contribution in [0.25, 0.3) is 0 Å². The van der Waals surface area contributed by atoms with Gasteiger partial charge in [0.05, 0.1) is 52.3 Å². The minimum Gasteiger partial charge on any atom is -0.470 e. The number of rotatable bonds is 8. The van der Waals surface area contributed by atoms with E-state index in [0.717, 1.165) is 34.6 Å². The van der Waals surface area contributed by atoms with Crippen LogP contribution in [0.2, 0.25) is 15.5 Å². The number of amides is 4. The Hall–Kier alpha value is -6.21. The number of anilines is 4. The molecule has 2 aliphatic rings. The van der Waals surface area contributed by atoms with Crippen LogP contribution in [0.15, 0.2) is 73.1 Å². The first-order valence-corrected chi connectivity index (χ1v) is 23.7. The quantitative estimate of drug-likeness (QED) is 0.0972. The van der Waals surface area contributed by atoms with Crippen molar-refractivity contribution in [2.24, 2.45) is 0 Å². The second-order valence-electron chi connectivity index (χ2n) is 15.6. The summed E-state index contributed by atoms with van der Waals surface area (Å²) in [6.07, 6.45) is -16.9. The minimum atomic E-state index is -5.02. The van der Waals surface area contributed by atoms with Gasteiger partial charge in [0.15, 0.2) is 11.0 Å². The van der Waals surface area contributed by atoms with E-state index in [4.69, 9.17) is 44.6 Å². The molecule has 2 aromatic carbocycles. The molecule has 0 unspecified atom stereocenters. The number of nitrogens with one attached hydrogen (secondary N) is 2. The molecule has 2 saturated heterocycles. The van der Waals surface area contributed by atoms with E-state index in [1.807, 2.05) is 4.90 Å². The zero-order valence-electron chi connectivity index (χ0n) is 37.6. The monoisotopic (exact) mass is 1170 g/mol. The maximum absolute atomic E-state index is 13.1. The highest BCUT2D eigenvalue weighted by molar-refractivity contribution is 7.00. The average Bonchev–Trinajstić information content (AvgIpc) is 4.01. The number of alkyl halides is 12. The molecular weight excluding hydrogens is 1140 g/mol. The van der Waals surface area contributed by atoms with Crippen LogP contribution in [0.5, 0.6) is 5.88 Å². The third-order valence-electron chi connectivity index (χ3n) is 10.4. The van der Waals surface area contributed by atoms with Crippen molar-refractivity contribution in [3.8, 4) is 5.88 Å². The number of ether oxygens (including phenoxy) is 1. The summed E-state index contributed by atoms with van der Waals surface area (Å²) in [4.78, 5) is 38.7. The van der Waals surface area contributed by atoms with Crippen molar-refractivity contribution in [3.63, 3.8) is 0 Å². The maximum Gasteiger partial charge on any atom is 0.416 e. The number of carbonyl (C=O) groups is 2. The maximum atomic E-state index is 13.1. The molecule has 0 bridgehead atoms. The van der Waals surface area contributed by atoms with Gasteiger partial charge in [0.1, 0.15) is 16.9 Å². The molecule has 0 saturated carbocycles. The summed E-state index contributed by atoms with van der Waals surface area (Å²) in [5, 5.41) is 13.8. The SMILES string of the molecule is O=C(Nc1cc(C(F)(F)F)cc(C(F)(F)F)c1)N1CCN(c2nsnc2Cl)CC1.O=C(Nc1cc(C(F)(F)F)cc(C(F)(F)F)c1)N1CCN(c2nsnc2OCc2ccnc(Cl)c2)CC1.OCc1ccnc(Cl)c1. The Bertz CT molecular complexity index is 2830. The number of piperazine rings is 2. The largest absolute Gasteiger partial charge is 0.470 e. The number of hydrogen-bond donors (Lipinski definition) is 3. The zero-order valence-corrected chi connectivity index (χ0v) is 41.5. The van der Waals surface area contributed by atoms with E-state index >= 15 is 0 Å². The fourth-order valence-electron chi connectivity index (χ4n) is 6.75. The standard InChI is InChI=1S/C21H17ClF6N6O2S.C15H12ClF6N5OS.C6H6ClNO/c22-16-7-12(1-2-29-16)11-36-18-17(31-37-32-18)33-3-5-34(6-4-33)19(35)30-15-9-13(20(23,24)25)8-14(10-15)21(26,27)28;16-11-12(25-29-24-11)26-1-3-27(4-2-26)13(28)23-10-6-8(14(17,18)19)5-9(7-10)15(20,21)22;7-6-3-5(4-9)1-2-8-6/h1-2,7-10H,3-6,11H2,(H,30,35);5-7H,1-4H2,(H,23,28);1-3,9H,4H2. The van der Waals surface area contributed by atoms with Crippen LogP contribution in [0.3, 0.4) is 0 Å². The lowest BCUT2D eigenvalue weighted by atomic mass is 10.1. The minimum absolute atomic E-state index is 0.0000582. The molecule has 0 spiro atoms. The molecule has 2 fully saturated rings. The number of benzene rings is 2. The molecule has 6 heterocycles. The summed E-state index contributed by atoms with van der Waals surface area (Å²) in [6.45, 7) is 2.02. The number of hydrogen-bond acceptors (Lipinski definition) is 14. The number of carbonyl (C=O) groups excluding carboxylic acids is 2. The molecule has 6 aromatic rings. The highest BCUT2D eigenvalue weighted by Gasteiger charge is 2.39. The molecule has 33 heteroatoms. The van der Waals surface area contributed by atoms with Gasteiger partial charge in [-0.15, -0.1) is 4.37 Å². The number of urea groups is 2. The van der Waals surface area contributed by atoms with E-state index in [9.17, 15) is 62.3 Å². The number of pyridine rings is 2. The molecule has 2 aliphatic heterocycles. The van der Waals surface area contributed by atoms with Crippen molar-refractivity contribution in [3.05, 3.63) is 122 Å². The Morgan fingerprint density at radius 2 is 0.933 bits per heavy atom. The highest BCUT2D eigenvalue weighted by Crippen LogP contribution is 2.39. The predicted molar refractivity (Wildman–Crippen MR) is 252 cm³/mol. The molecular formula is C42H35Cl3F12N12O4S2. The van der Waals surface area contributed by atoms with Crippen molar-refractivity contribution in [1.29, 1.82) is 0 Å². The van der Waals surface area contributed by atoms with Gasteiger partial charge >= 0.3 is 36.8 Å². The van der Waals surface area contributed by atoms with Gasteiger partial charge < -0.3 is 40.1 Å². The molecule has 8 rings (SSSR count). The summed E-state index contributed by atoms with van der Waals surface area (Å²) in [6, 6.07) is 6.93. The van der Waals surface area contributed by atoms with Crippen molar-refractivity contribution >= 4 is 93.3 Å². The fourth-order valence-corrected chi connectivity index (χ4v) is 8.44. The number of aliphatic hydroxyl groups excluding tert-OH is 1. The predicted octanol–water partition coefficient (Wildman–Crippen LogP) is 11.4. The number of aromatic nitrogens is 6. The Labute approximate surface area is 439 Å². The summed E-state index contributed by atoms with van der Waals surface area (Å²) in [5.74, 6) is 1.20. The van der Waals surface area contributed by atoms with Crippen LogP contribution in [-0.2, 0) is 37.9 Å². The van der Waals surface area contributed by atoms with Crippen molar-refractivity contribution in [2.75, 3.05) is 72.8 Å². The normalized spacial score (nSPS) is 14.3. The van der Waals surface area contributed by atoms with Crippen LogP contribution < -0.4 is 25.2 Å². The van der Waals surface area contributed by atoms with Crippen LogP contribution in [-0.4, -0.2) is 107 Å². The van der Waals surface area contributed by atoms with E-state index in [-0.39, 0.29) is 75.6 Å².